The molecule has 100 valence electrons. The molecule has 0 aliphatic carbocycles. The molecule has 0 spiro atoms. The van der Waals surface area contributed by atoms with E-state index in [2.05, 4.69) is 43.1 Å². The van der Waals surface area contributed by atoms with E-state index in [-0.39, 0.29) is 0 Å². The van der Waals surface area contributed by atoms with Crippen molar-refractivity contribution in [2.75, 3.05) is 0 Å². The second-order valence-electron chi connectivity index (χ2n) is 5.01. The van der Waals surface area contributed by atoms with Gasteiger partial charge in [0.15, 0.2) is 0 Å². The largest absolute Gasteiger partial charge is 0.486 e. The maximum Gasteiger partial charge on any atom is 0.148 e. The van der Waals surface area contributed by atoms with E-state index < -0.39 is 0 Å². The smallest absolute Gasteiger partial charge is 0.148 e. The van der Waals surface area contributed by atoms with Gasteiger partial charge in [-0.2, -0.15) is 0 Å². The van der Waals surface area contributed by atoms with Crippen molar-refractivity contribution >= 4 is 10.9 Å². The van der Waals surface area contributed by atoms with E-state index in [1.165, 1.54) is 5.56 Å². The van der Waals surface area contributed by atoms with Crippen molar-refractivity contribution in [2.45, 2.75) is 20.5 Å². The molecule has 0 N–H and O–H groups in total. The topological polar surface area (TPSA) is 22.1 Å². The number of ether oxygens (including phenoxy) is 1. The SMILES string of the molecule is Cc1ccc2c(C)ccnc2c1OCc1ccccc1. The number of fused-ring (bicyclic) bond motifs is 1. The van der Waals surface area contributed by atoms with Gasteiger partial charge in [0.2, 0.25) is 0 Å². The first kappa shape index (κ1) is 12.7. The highest BCUT2D eigenvalue weighted by Crippen LogP contribution is 2.30. The van der Waals surface area contributed by atoms with E-state index in [1.807, 2.05) is 30.5 Å². The third-order valence-electron chi connectivity index (χ3n) is 3.51. The van der Waals surface area contributed by atoms with Crippen LogP contribution in [0.25, 0.3) is 10.9 Å². The highest BCUT2D eigenvalue weighted by atomic mass is 16.5. The fraction of sp³-hybridized carbons (Fsp3) is 0.167. The summed E-state index contributed by atoms with van der Waals surface area (Å²) in [5.74, 6) is 0.884. The predicted molar refractivity (Wildman–Crippen MR) is 82.0 cm³/mol. The van der Waals surface area contributed by atoms with Crippen LogP contribution in [0, 0.1) is 13.8 Å². The molecular formula is C18H17NO. The zero-order valence-corrected chi connectivity index (χ0v) is 11.8. The molecule has 0 amide bonds. The molecule has 3 rings (SSSR count). The summed E-state index contributed by atoms with van der Waals surface area (Å²) in [7, 11) is 0. The van der Waals surface area contributed by atoms with Crippen molar-refractivity contribution in [3.05, 3.63) is 71.4 Å². The number of nitrogens with zero attached hydrogens (tertiary/aromatic N) is 1. The molecule has 0 aliphatic rings. The van der Waals surface area contributed by atoms with Crippen LogP contribution in [-0.4, -0.2) is 4.98 Å². The number of aryl methyl sites for hydroxylation is 2. The first-order valence-electron chi connectivity index (χ1n) is 6.77. The van der Waals surface area contributed by atoms with Crippen molar-refractivity contribution < 1.29 is 4.74 Å². The van der Waals surface area contributed by atoms with Gasteiger partial charge >= 0.3 is 0 Å². The van der Waals surface area contributed by atoms with Crippen LogP contribution in [-0.2, 0) is 6.61 Å². The summed E-state index contributed by atoms with van der Waals surface area (Å²) in [6, 6.07) is 16.4. The maximum atomic E-state index is 6.03. The molecule has 0 radical (unpaired) electrons. The molecule has 0 aliphatic heterocycles. The molecule has 2 nitrogen and oxygen atoms in total. The third kappa shape index (κ3) is 2.37. The highest BCUT2D eigenvalue weighted by Gasteiger charge is 2.09. The summed E-state index contributed by atoms with van der Waals surface area (Å²) in [6.07, 6.45) is 1.84. The number of pyridine rings is 1. The number of aromatic nitrogens is 1. The fourth-order valence-electron chi connectivity index (χ4n) is 2.34. The Kier molecular flexibility index (Phi) is 3.38. The molecule has 0 unspecified atom stereocenters. The molecule has 1 aromatic heterocycles. The van der Waals surface area contributed by atoms with Crippen molar-refractivity contribution in [1.82, 2.24) is 4.98 Å². The molecule has 2 heteroatoms. The standard InChI is InChI=1S/C18H17NO/c1-13-10-11-19-17-16(13)9-8-14(2)18(17)20-12-15-6-4-3-5-7-15/h3-11H,12H2,1-2H3. The summed E-state index contributed by atoms with van der Waals surface area (Å²) in [4.78, 5) is 4.49. The molecule has 20 heavy (non-hydrogen) atoms. The lowest BCUT2D eigenvalue weighted by atomic mass is 10.1. The van der Waals surface area contributed by atoms with E-state index >= 15 is 0 Å². The molecule has 2 aromatic carbocycles. The Morgan fingerprint density at radius 1 is 0.900 bits per heavy atom. The van der Waals surface area contributed by atoms with Gasteiger partial charge in [0, 0.05) is 11.6 Å². The normalized spacial score (nSPS) is 10.7. The molecule has 1 heterocycles. The Balaban J connectivity index is 1.98. The Bertz CT molecular complexity index is 735. The second-order valence-corrected chi connectivity index (χ2v) is 5.01. The molecule has 0 atom stereocenters. The van der Waals surface area contributed by atoms with Crippen LogP contribution in [0.5, 0.6) is 5.75 Å². The Labute approximate surface area is 119 Å². The molecular weight excluding hydrogens is 246 g/mol. The summed E-state index contributed by atoms with van der Waals surface area (Å²) >= 11 is 0. The molecule has 0 saturated heterocycles. The maximum absolute atomic E-state index is 6.03. The van der Waals surface area contributed by atoms with Crippen LogP contribution in [0.1, 0.15) is 16.7 Å². The van der Waals surface area contributed by atoms with Gasteiger partial charge in [-0.25, -0.2) is 0 Å². The fourth-order valence-corrected chi connectivity index (χ4v) is 2.34. The average molecular weight is 263 g/mol. The lowest BCUT2D eigenvalue weighted by molar-refractivity contribution is 0.307. The number of hydrogen-bond donors (Lipinski definition) is 0. The quantitative estimate of drug-likeness (QED) is 0.697. The van der Waals surface area contributed by atoms with Crippen LogP contribution in [0.3, 0.4) is 0 Å². The lowest BCUT2D eigenvalue weighted by Gasteiger charge is -2.12. The van der Waals surface area contributed by atoms with Crippen LogP contribution in [0.15, 0.2) is 54.7 Å². The summed E-state index contributed by atoms with van der Waals surface area (Å²) in [6.45, 7) is 4.72. The minimum absolute atomic E-state index is 0.566. The van der Waals surface area contributed by atoms with Gasteiger partial charge in [0.05, 0.1) is 0 Å². The number of rotatable bonds is 3. The highest BCUT2D eigenvalue weighted by molar-refractivity contribution is 5.88. The van der Waals surface area contributed by atoms with Gasteiger partial charge in [-0.3, -0.25) is 4.98 Å². The average Bonchev–Trinajstić information content (AvgIpc) is 2.47. The van der Waals surface area contributed by atoms with Crippen LogP contribution < -0.4 is 4.74 Å². The summed E-state index contributed by atoms with van der Waals surface area (Å²) in [5.41, 5.74) is 4.45. The zero-order chi connectivity index (χ0) is 13.9. The van der Waals surface area contributed by atoms with E-state index in [0.717, 1.165) is 27.8 Å². The van der Waals surface area contributed by atoms with Gasteiger partial charge < -0.3 is 4.74 Å². The van der Waals surface area contributed by atoms with Crippen molar-refractivity contribution in [2.24, 2.45) is 0 Å². The second kappa shape index (κ2) is 5.33. The van der Waals surface area contributed by atoms with Crippen LogP contribution >= 0.6 is 0 Å². The first-order chi connectivity index (χ1) is 9.75. The van der Waals surface area contributed by atoms with Gasteiger partial charge in [0.25, 0.3) is 0 Å². The Hall–Kier alpha value is -2.35. The number of benzene rings is 2. The van der Waals surface area contributed by atoms with Crippen LogP contribution in [0.4, 0.5) is 0 Å². The summed E-state index contributed by atoms with van der Waals surface area (Å²) < 4.78 is 6.03. The predicted octanol–water partition coefficient (Wildman–Crippen LogP) is 4.43. The monoisotopic (exact) mass is 263 g/mol. The Morgan fingerprint density at radius 2 is 1.70 bits per heavy atom. The minimum atomic E-state index is 0.566. The minimum Gasteiger partial charge on any atom is -0.486 e. The molecule has 3 aromatic rings. The van der Waals surface area contributed by atoms with Gasteiger partial charge in [-0.15, -0.1) is 0 Å². The van der Waals surface area contributed by atoms with Crippen molar-refractivity contribution in [1.29, 1.82) is 0 Å². The lowest BCUT2D eigenvalue weighted by Crippen LogP contribution is -1.99. The first-order valence-corrected chi connectivity index (χ1v) is 6.77. The third-order valence-corrected chi connectivity index (χ3v) is 3.51. The van der Waals surface area contributed by atoms with Gasteiger partial charge in [-0.1, -0.05) is 42.5 Å². The van der Waals surface area contributed by atoms with E-state index in [1.54, 1.807) is 0 Å². The number of hydrogen-bond acceptors (Lipinski definition) is 2. The van der Waals surface area contributed by atoms with E-state index in [0.29, 0.717) is 6.61 Å². The zero-order valence-electron chi connectivity index (χ0n) is 11.8. The van der Waals surface area contributed by atoms with Gasteiger partial charge in [0.1, 0.15) is 17.9 Å². The van der Waals surface area contributed by atoms with E-state index in [9.17, 15) is 0 Å². The molecule has 0 saturated carbocycles. The molecule has 0 fully saturated rings. The molecule has 0 bridgehead atoms. The summed E-state index contributed by atoms with van der Waals surface area (Å²) in [5, 5.41) is 1.15. The van der Waals surface area contributed by atoms with Crippen molar-refractivity contribution in [3.63, 3.8) is 0 Å². The van der Waals surface area contributed by atoms with Gasteiger partial charge in [-0.05, 0) is 36.6 Å². The Morgan fingerprint density at radius 3 is 2.50 bits per heavy atom. The van der Waals surface area contributed by atoms with E-state index in [4.69, 9.17) is 4.74 Å². The van der Waals surface area contributed by atoms with Crippen LogP contribution in [0.2, 0.25) is 0 Å². The van der Waals surface area contributed by atoms with Crippen molar-refractivity contribution in [3.8, 4) is 5.75 Å².